The number of rotatable bonds is 9. The molecule has 0 bridgehead atoms. The summed E-state index contributed by atoms with van der Waals surface area (Å²) in [6.07, 6.45) is 0.633. The summed E-state index contributed by atoms with van der Waals surface area (Å²) < 4.78 is 5.37. The van der Waals surface area contributed by atoms with Crippen LogP contribution >= 0.6 is 0 Å². The standard InChI is InChI=1S/C18H23N9O2/c1-4-13-21-16(19-10-11-27(2)3)23-17(22-13)24-18-26-25-15(29-18)14(28)20-12-8-6-5-7-9-12/h5-9H,4,10-11H2,1-3H3,(H,20,28)(H2,19,21,22,23,24,26). The third kappa shape index (κ3) is 5.94. The SMILES string of the molecule is CCc1nc(NCCN(C)C)nc(Nc2nnc(C(=O)Nc3ccccc3)o2)n1. The molecule has 0 aliphatic heterocycles. The van der Waals surface area contributed by atoms with Crippen molar-refractivity contribution in [2.24, 2.45) is 0 Å². The average molecular weight is 397 g/mol. The molecule has 0 fully saturated rings. The first-order valence-corrected chi connectivity index (χ1v) is 9.14. The molecular formula is C18H23N9O2. The van der Waals surface area contributed by atoms with Gasteiger partial charge in [0.15, 0.2) is 0 Å². The Hall–Kier alpha value is -3.60. The summed E-state index contributed by atoms with van der Waals surface area (Å²) in [5, 5.41) is 16.2. The summed E-state index contributed by atoms with van der Waals surface area (Å²) in [4.78, 5) is 27.2. The number of carbonyl (C=O) groups excluding carboxylic acids is 1. The zero-order valence-electron chi connectivity index (χ0n) is 16.5. The van der Waals surface area contributed by atoms with Crippen molar-refractivity contribution in [1.29, 1.82) is 0 Å². The monoisotopic (exact) mass is 397 g/mol. The molecule has 152 valence electrons. The number of benzene rings is 1. The Bertz CT molecular complexity index is 944. The molecule has 0 saturated heterocycles. The number of carbonyl (C=O) groups is 1. The van der Waals surface area contributed by atoms with Crippen LogP contribution in [0.15, 0.2) is 34.7 Å². The van der Waals surface area contributed by atoms with Gasteiger partial charge in [-0.25, -0.2) is 0 Å². The highest BCUT2D eigenvalue weighted by Gasteiger charge is 2.16. The van der Waals surface area contributed by atoms with Gasteiger partial charge in [0.2, 0.25) is 11.9 Å². The van der Waals surface area contributed by atoms with Crippen molar-refractivity contribution in [2.75, 3.05) is 43.1 Å². The quantitative estimate of drug-likeness (QED) is 0.490. The molecule has 1 aromatic carbocycles. The van der Waals surface area contributed by atoms with E-state index in [0.29, 0.717) is 30.4 Å². The molecule has 11 heteroatoms. The maximum atomic E-state index is 12.2. The van der Waals surface area contributed by atoms with Gasteiger partial charge in [0.05, 0.1) is 0 Å². The lowest BCUT2D eigenvalue weighted by Gasteiger charge is -2.11. The van der Waals surface area contributed by atoms with Crippen molar-refractivity contribution in [1.82, 2.24) is 30.0 Å². The summed E-state index contributed by atoms with van der Waals surface area (Å²) in [6.45, 7) is 3.46. The number of aryl methyl sites for hydroxylation is 1. The fourth-order valence-electron chi connectivity index (χ4n) is 2.27. The summed E-state index contributed by atoms with van der Waals surface area (Å²) in [5.41, 5.74) is 0.628. The molecule has 0 aliphatic carbocycles. The summed E-state index contributed by atoms with van der Waals surface area (Å²) in [5.74, 6) is 0.625. The highest BCUT2D eigenvalue weighted by atomic mass is 16.4. The number of amides is 1. The van der Waals surface area contributed by atoms with Gasteiger partial charge in [-0.05, 0) is 26.2 Å². The van der Waals surface area contributed by atoms with Crippen LogP contribution in [0.3, 0.4) is 0 Å². The van der Waals surface area contributed by atoms with Crippen LogP contribution in [-0.4, -0.2) is 63.1 Å². The Morgan fingerprint density at radius 1 is 1.07 bits per heavy atom. The molecule has 0 aliphatic rings. The molecule has 0 radical (unpaired) electrons. The highest BCUT2D eigenvalue weighted by Crippen LogP contribution is 2.14. The number of hydrogen-bond donors (Lipinski definition) is 3. The Kier molecular flexibility index (Phi) is 6.63. The van der Waals surface area contributed by atoms with Gasteiger partial charge in [-0.1, -0.05) is 30.2 Å². The van der Waals surface area contributed by atoms with Crippen LogP contribution in [0.4, 0.5) is 23.6 Å². The van der Waals surface area contributed by atoms with E-state index in [-0.39, 0.29) is 17.9 Å². The summed E-state index contributed by atoms with van der Waals surface area (Å²) in [7, 11) is 3.97. The predicted octanol–water partition coefficient (Wildman–Crippen LogP) is 1.79. The lowest BCUT2D eigenvalue weighted by molar-refractivity contribution is 0.0991. The van der Waals surface area contributed by atoms with Crippen LogP contribution in [0, 0.1) is 0 Å². The van der Waals surface area contributed by atoms with Crippen molar-refractivity contribution in [3.63, 3.8) is 0 Å². The van der Waals surface area contributed by atoms with E-state index in [0.717, 1.165) is 6.54 Å². The third-order valence-electron chi connectivity index (χ3n) is 3.71. The number of anilines is 4. The molecule has 2 aromatic heterocycles. The molecule has 11 nitrogen and oxygen atoms in total. The first-order chi connectivity index (χ1) is 14.0. The minimum Gasteiger partial charge on any atom is -0.399 e. The van der Waals surface area contributed by atoms with Crippen LogP contribution in [0.25, 0.3) is 0 Å². The third-order valence-corrected chi connectivity index (χ3v) is 3.71. The molecule has 3 N–H and O–H groups in total. The topological polar surface area (TPSA) is 134 Å². The van der Waals surface area contributed by atoms with Crippen LogP contribution < -0.4 is 16.0 Å². The van der Waals surface area contributed by atoms with E-state index in [1.54, 1.807) is 12.1 Å². The lowest BCUT2D eigenvalue weighted by Crippen LogP contribution is -2.22. The number of nitrogens with one attached hydrogen (secondary N) is 3. The van der Waals surface area contributed by atoms with E-state index in [1.807, 2.05) is 39.2 Å². The van der Waals surface area contributed by atoms with Crippen molar-refractivity contribution in [3.8, 4) is 0 Å². The first kappa shape index (κ1) is 20.1. The van der Waals surface area contributed by atoms with E-state index in [4.69, 9.17) is 4.42 Å². The van der Waals surface area contributed by atoms with Gasteiger partial charge >= 0.3 is 17.8 Å². The van der Waals surface area contributed by atoms with Crippen LogP contribution in [-0.2, 0) is 6.42 Å². The molecule has 0 spiro atoms. The van der Waals surface area contributed by atoms with Gasteiger partial charge in [0.25, 0.3) is 0 Å². The van der Waals surface area contributed by atoms with Crippen LogP contribution in [0.2, 0.25) is 0 Å². The van der Waals surface area contributed by atoms with E-state index < -0.39 is 5.91 Å². The zero-order valence-corrected chi connectivity index (χ0v) is 16.5. The number of nitrogens with zero attached hydrogens (tertiary/aromatic N) is 6. The maximum absolute atomic E-state index is 12.2. The Morgan fingerprint density at radius 2 is 1.83 bits per heavy atom. The predicted molar refractivity (Wildman–Crippen MR) is 108 cm³/mol. The average Bonchev–Trinajstić information content (AvgIpc) is 3.17. The Labute approximate surface area is 168 Å². The van der Waals surface area contributed by atoms with E-state index in [2.05, 4.69) is 46.0 Å². The van der Waals surface area contributed by atoms with Gasteiger partial charge in [0.1, 0.15) is 5.82 Å². The van der Waals surface area contributed by atoms with Crippen molar-refractivity contribution >= 4 is 29.5 Å². The molecule has 0 saturated carbocycles. The number of aromatic nitrogens is 5. The summed E-state index contributed by atoms with van der Waals surface area (Å²) in [6, 6.07) is 9.01. The molecule has 0 atom stereocenters. The first-order valence-electron chi connectivity index (χ1n) is 9.14. The maximum Gasteiger partial charge on any atom is 0.322 e. The van der Waals surface area contributed by atoms with Gasteiger partial charge in [-0.2, -0.15) is 15.0 Å². The highest BCUT2D eigenvalue weighted by molar-refractivity contribution is 6.00. The fourth-order valence-corrected chi connectivity index (χ4v) is 2.27. The number of para-hydroxylation sites is 1. The number of hydrogen-bond acceptors (Lipinski definition) is 10. The molecular weight excluding hydrogens is 374 g/mol. The minimum absolute atomic E-state index is 0.00991. The summed E-state index contributed by atoms with van der Waals surface area (Å²) >= 11 is 0. The molecule has 2 heterocycles. The van der Waals surface area contributed by atoms with Crippen molar-refractivity contribution < 1.29 is 9.21 Å². The normalized spacial score (nSPS) is 10.8. The van der Waals surface area contributed by atoms with Gasteiger partial charge in [0, 0.05) is 25.2 Å². The van der Waals surface area contributed by atoms with E-state index in [9.17, 15) is 4.79 Å². The second-order valence-electron chi connectivity index (χ2n) is 6.34. The van der Waals surface area contributed by atoms with E-state index in [1.165, 1.54) is 0 Å². The van der Waals surface area contributed by atoms with Gasteiger partial charge < -0.3 is 20.0 Å². The zero-order chi connectivity index (χ0) is 20.6. The molecule has 29 heavy (non-hydrogen) atoms. The Balaban J connectivity index is 1.67. The molecule has 3 rings (SSSR count). The van der Waals surface area contributed by atoms with Gasteiger partial charge in [-0.15, -0.1) is 5.10 Å². The number of likely N-dealkylation sites (N-methyl/N-ethyl adjacent to an activating group) is 1. The van der Waals surface area contributed by atoms with Crippen LogP contribution in [0.1, 0.15) is 23.4 Å². The molecule has 3 aromatic rings. The molecule has 1 amide bonds. The fraction of sp³-hybridized carbons (Fsp3) is 0.333. The van der Waals surface area contributed by atoms with E-state index >= 15 is 0 Å². The second-order valence-corrected chi connectivity index (χ2v) is 6.34. The largest absolute Gasteiger partial charge is 0.399 e. The van der Waals surface area contributed by atoms with Gasteiger partial charge in [-0.3, -0.25) is 10.1 Å². The minimum atomic E-state index is -0.507. The van der Waals surface area contributed by atoms with Crippen LogP contribution in [0.5, 0.6) is 0 Å². The second kappa shape index (κ2) is 9.55. The smallest absolute Gasteiger partial charge is 0.322 e. The van der Waals surface area contributed by atoms with Crippen molar-refractivity contribution in [3.05, 3.63) is 42.0 Å². The van der Waals surface area contributed by atoms with Crippen molar-refractivity contribution in [2.45, 2.75) is 13.3 Å². The Morgan fingerprint density at radius 3 is 2.55 bits per heavy atom. The lowest BCUT2D eigenvalue weighted by atomic mass is 10.3. The molecule has 0 unspecified atom stereocenters.